The molecule has 4 heteroatoms. The molecule has 0 fully saturated rings. The van der Waals surface area contributed by atoms with Crippen LogP contribution in [0.2, 0.25) is 0 Å². The zero-order valence-corrected chi connectivity index (χ0v) is 20.9. The van der Waals surface area contributed by atoms with Crippen molar-refractivity contribution in [2.24, 2.45) is 5.41 Å². The van der Waals surface area contributed by atoms with Gasteiger partial charge in [-0.05, 0) is 16.5 Å². The number of hydrogen-bond donors (Lipinski definition) is 0. The minimum absolute atomic E-state index is 0. The van der Waals surface area contributed by atoms with Crippen LogP contribution < -0.4 is 37.2 Å². The molecule has 0 saturated carbocycles. The molecule has 0 aliphatic rings. The summed E-state index contributed by atoms with van der Waals surface area (Å²) in [6.45, 7) is 11.5. The number of halogens is 3. The first-order chi connectivity index (χ1) is 11.4. The average molecular weight is 470 g/mol. The molecule has 0 spiro atoms. The Labute approximate surface area is 204 Å². The maximum absolute atomic E-state index is 2.38. The zero-order valence-electron chi connectivity index (χ0n) is 17.1. The molecular weight excluding hydrogens is 442 g/mol. The van der Waals surface area contributed by atoms with E-state index in [-0.39, 0.29) is 69.8 Å². The number of aryl methyl sites for hydroxylation is 2. The van der Waals surface area contributed by atoms with E-state index in [4.69, 9.17) is 0 Å². The summed E-state index contributed by atoms with van der Waals surface area (Å²) in [5.41, 5.74) is 6.69. The largest absolute Gasteiger partial charge is 4.00 e. The third-order valence-electron chi connectivity index (χ3n) is 5.34. The van der Waals surface area contributed by atoms with E-state index in [0.717, 1.165) is 0 Å². The van der Waals surface area contributed by atoms with Crippen molar-refractivity contribution in [3.8, 4) is 0 Å². The van der Waals surface area contributed by atoms with Gasteiger partial charge in [-0.25, -0.2) is 0 Å². The first-order valence-corrected chi connectivity index (χ1v) is 8.73. The van der Waals surface area contributed by atoms with Gasteiger partial charge in [0.25, 0.3) is 0 Å². The van der Waals surface area contributed by atoms with E-state index in [2.05, 4.69) is 107 Å². The molecule has 0 nitrogen and oxygen atoms in total. The normalized spacial score (nSPS) is 10.6. The summed E-state index contributed by atoms with van der Waals surface area (Å²) >= 11 is 0. The van der Waals surface area contributed by atoms with Gasteiger partial charge in [0.2, 0.25) is 0 Å². The first kappa shape index (κ1) is 29.6. The van der Waals surface area contributed by atoms with Crippen molar-refractivity contribution >= 4 is 0 Å². The van der Waals surface area contributed by atoms with Gasteiger partial charge in [0.1, 0.15) is 0 Å². The monoisotopic (exact) mass is 468 g/mol. The van der Waals surface area contributed by atoms with Crippen LogP contribution >= 0.6 is 0 Å². The number of rotatable bonds is 3. The smallest absolute Gasteiger partial charge is 1.00 e. The zero-order chi connectivity index (χ0) is 17.4. The quantitative estimate of drug-likeness (QED) is 0.292. The summed E-state index contributed by atoms with van der Waals surface area (Å²) in [5, 5.41) is 0. The summed E-state index contributed by atoms with van der Waals surface area (Å²) in [6.07, 6.45) is 0. The SMILES string of the molecule is Cc1c[c-](C(c2ccccc2)(c2ccccc2)C(C)(C)C)cc1C.[Cl-].[Cl-].[Cl-].[Ti+4]. The van der Waals surface area contributed by atoms with E-state index < -0.39 is 0 Å². The molecule has 0 aromatic heterocycles. The molecule has 0 aliphatic carbocycles. The van der Waals surface area contributed by atoms with Crippen molar-refractivity contribution in [3.05, 3.63) is 101 Å². The molecule has 3 aromatic rings. The molecule has 0 bridgehead atoms. The topological polar surface area (TPSA) is 0 Å². The van der Waals surface area contributed by atoms with E-state index >= 15 is 0 Å². The van der Waals surface area contributed by atoms with E-state index in [1.807, 2.05) is 0 Å². The van der Waals surface area contributed by atoms with E-state index in [0.29, 0.717) is 0 Å². The number of hydrogen-bond acceptors (Lipinski definition) is 0. The molecule has 0 atom stereocenters. The van der Waals surface area contributed by atoms with E-state index in [1.165, 1.54) is 27.8 Å². The molecule has 148 valence electrons. The fourth-order valence-electron chi connectivity index (χ4n) is 4.13. The van der Waals surface area contributed by atoms with Gasteiger partial charge in [-0.2, -0.15) is 23.3 Å². The molecule has 0 N–H and O–H groups in total. The molecule has 0 radical (unpaired) electrons. The van der Waals surface area contributed by atoms with E-state index in [1.54, 1.807) is 0 Å². The predicted molar refractivity (Wildman–Crippen MR) is 104 cm³/mol. The van der Waals surface area contributed by atoms with E-state index in [9.17, 15) is 0 Å². The van der Waals surface area contributed by atoms with Gasteiger partial charge in [0, 0.05) is 5.41 Å². The third-order valence-corrected chi connectivity index (χ3v) is 5.34. The maximum Gasteiger partial charge on any atom is 4.00 e. The first-order valence-electron chi connectivity index (χ1n) is 8.73. The van der Waals surface area contributed by atoms with Crippen molar-refractivity contribution in [1.29, 1.82) is 0 Å². The molecule has 0 aliphatic heterocycles. The van der Waals surface area contributed by atoms with Gasteiger partial charge in [0.15, 0.2) is 0 Å². The molecule has 28 heavy (non-hydrogen) atoms. The molecular formula is C24H27Cl3Ti. The van der Waals surface area contributed by atoms with Gasteiger partial charge >= 0.3 is 21.7 Å². The van der Waals surface area contributed by atoms with Crippen LogP contribution in [0.1, 0.15) is 48.6 Å². The third kappa shape index (κ3) is 5.10. The summed E-state index contributed by atoms with van der Waals surface area (Å²) in [7, 11) is 0. The van der Waals surface area contributed by atoms with Crippen LogP contribution in [0.3, 0.4) is 0 Å². The second-order valence-corrected chi connectivity index (χ2v) is 7.84. The van der Waals surface area contributed by atoms with Crippen LogP contribution in [-0.2, 0) is 27.1 Å². The molecule has 3 aromatic carbocycles. The van der Waals surface area contributed by atoms with Crippen LogP contribution in [0.15, 0.2) is 72.8 Å². The molecule has 0 amide bonds. The summed E-state index contributed by atoms with van der Waals surface area (Å²) < 4.78 is 0. The standard InChI is InChI=1S/C24H27.3ClH.Ti/c1-18-16-22(17-19(18)2)24(23(3,4)5,20-12-8-6-9-13-20)21-14-10-7-11-15-21;;;;/h6-17H,1-5H3;3*1H;/q-1;;;;+4/p-3. The summed E-state index contributed by atoms with van der Waals surface area (Å²) in [6, 6.07) is 26.7. The predicted octanol–water partition coefficient (Wildman–Crippen LogP) is -2.59. The fraction of sp³-hybridized carbons (Fsp3) is 0.292. The summed E-state index contributed by atoms with van der Waals surface area (Å²) in [5.74, 6) is 0. The van der Waals surface area contributed by atoms with Gasteiger partial charge < -0.3 is 37.2 Å². The Morgan fingerprint density at radius 2 is 0.929 bits per heavy atom. The molecule has 0 saturated heterocycles. The van der Waals surface area contributed by atoms with Gasteiger partial charge in [-0.15, -0.1) is 5.56 Å². The van der Waals surface area contributed by atoms with Gasteiger partial charge in [-0.1, -0.05) is 95.3 Å². The van der Waals surface area contributed by atoms with Crippen LogP contribution in [-0.4, -0.2) is 0 Å². The second kappa shape index (κ2) is 11.5. The fourth-order valence-corrected chi connectivity index (χ4v) is 4.13. The molecule has 0 heterocycles. The minimum atomic E-state index is -0.172. The Bertz CT molecular complexity index is 759. The Kier molecular flexibility index (Phi) is 12.2. The summed E-state index contributed by atoms with van der Waals surface area (Å²) in [4.78, 5) is 0. The van der Waals surface area contributed by atoms with Crippen LogP contribution in [0.25, 0.3) is 0 Å². The van der Waals surface area contributed by atoms with Crippen molar-refractivity contribution in [2.75, 3.05) is 0 Å². The molecule has 0 unspecified atom stereocenters. The van der Waals surface area contributed by atoms with Crippen molar-refractivity contribution in [2.45, 2.75) is 40.0 Å². The molecule has 3 rings (SSSR count). The average Bonchev–Trinajstić information content (AvgIpc) is 2.88. The van der Waals surface area contributed by atoms with Gasteiger partial charge in [0.05, 0.1) is 0 Å². The second-order valence-electron chi connectivity index (χ2n) is 7.84. The van der Waals surface area contributed by atoms with Crippen LogP contribution in [0, 0.1) is 19.3 Å². The van der Waals surface area contributed by atoms with Crippen molar-refractivity contribution < 1.29 is 58.9 Å². The Balaban J connectivity index is 0. The minimum Gasteiger partial charge on any atom is -1.00 e. The Hall–Kier alpha value is -0.626. The Morgan fingerprint density at radius 1 is 0.607 bits per heavy atom. The van der Waals surface area contributed by atoms with Crippen molar-refractivity contribution in [1.82, 2.24) is 0 Å². The van der Waals surface area contributed by atoms with Crippen LogP contribution in [0.4, 0.5) is 0 Å². The number of benzene rings is 2. The Morgan fingerprint density at radius 3 is 1.21 bits per heavy atom. The van der Waals surface area contributed by atoms with Crippen LogP contribution in [0.5, 0.6) is 0 Å². The van der Waals surface area contributed by atoms with Gasteiger partial charge in [-0.3, -0.25) is 0 Å². The maximum atomic E-state index is 2.38. The van der Waals surface area contributed by atoms with Crippen molar-refractivity contribution in [3.63, 3.8) is 0 Å².